The normalized spacial score (nSPS) is 14.4. The number of benzene rings is 1. The molecule has 2 aromatic rings. The van der Waals surface area contributed by atoms with Crippen molar-refractivity contribution >= 4 is 17.8 Å². The number of hydrogen-bond acceptors (Lipinski definition) is 5. The lowest BCUT2D eigenvalue weighted by molar-refractivity contribution is -0.896. The number of rotatable bonds is 6. The molecular formula is C22H30N5O4+. The maximum atomic E-state index is 12.7. The van der Waals surface area contributed by atoms with Gasteiger partial charge in [-0.15, -0.1) is 0 Å². The second kappa shape index (κ2) is 9.74. The molecule has 0 atom stereocenters. The number of quaternary nitrogens is 1. The van der Waals surface area contributed by atoms with Crippen LogP contribution in [0.4, 0.5) is 0 Å². The van der Waals surface area contributed by atoms with Gasteiger partial charge in [-0.1, -0.05) is 18.2 Å². The summed E-state index contributed by atoms with van der Waals surface area (Å²) in [5, 5.41) is 4.45. The van der Waals surface area contributed by atoms with E-state index in [0.717, 1.165) is 10.6 Å². The first-order valence-electron chi connectivity index (χ1n) is 10.4. The molecule has 0 unspecified atom stereocenters. The van der Waals surface area contributed by atoms with Gasteiger partial charge >= 0.3 is 5.97 Å². The molecule has 0 bridgehead atoms. The highest BCUT2D eigenvalue weighted by Crippen LogP contribution is 2.18. The van der Waals surface area contributed by atoms with E-state index in [1.807, 2.05) is 37.3 Å². The van der Waals surface area contributed by atoms with Gasteiger partial charge in [-0.05, 0) is 26.0 Å². The Labute approximate surface area is 182 Å². The predicted octanol–water partition coefficient (Wildman–Crippen LogP) is -0.539. The minimum atomic E-state index is -0.550. The summed E-state index contributed by atoms with van der Waals surface area (Å²) >= 11 is 0. The minimum Gasteiger partial charge on any atom is -0.452 e. The van der Waals surface area contributed by atoms with Crippen LogP contribution in [0.1, 0.15) is 21.7 Å². The molecule has 9 nitrogen and oxygen atoms in total. The van der Waals surface area contributed by atoms with E-state index in [0.29, 0.717) is 49.7 Å². The van der Waals surface area contributed by atoms with Crippen LogP contribution in [0, 0.1) is 13.8 Å². The van der Waals surface area contributed by atoms with Gasteiger partial charge < -0.3 is 19.4 Å². The molecule has 1 aliphatic heterocycles. The zero-order valence-electron chi connectivity index (χ0n) is 18.6. The molecule has 166 valence electrons. The third-order valence-corrected chi connectivity index (χ3v) is 5.55. The number of hydrogen-bond donors (Lipinski definition) is 1. The molecule has 0 radical (unpaired) electrons. The number of likely N-dealkylation sites (N-methyl/N-ethyl adjacent to an activating group) is 1. The first-order chi connectivity index (χ1) is 14.8. The van der Waals surface area contributed by atoms with E-state index in [1.165, 1.54) is 0 Å². The molecule has 31 heavy (non-hydrogen) atoms. The maximum absolute atomic E-state index is 12.7. The number of aromatic nitrogens is 2. The Bertz CT molecular complexity index is 946. The summed E-state index contributed by atoms with van der Waals surface area (Å²) in [7, 11) is 3.48. The number of carbonyl (C=O) groups is 3. The van der Waals surface area contributed by atoms with Crippen molar-refractivity contribution in [2.75, 3.05) is 53.4 Å². The molecule has 1 saturated heterocycles. The molecule has 0 saturated carbocycles. The lowest BCUT2D eigenvalue weighted by atomic mass is 10.2. The summed E-state index contributed by atoms with van der Waals surface area (Å²) in [5.74, 6) is -0.700. The number of aryl methyl sites for hydroxylation is 1. The number of piperazine rings is 1. The Morgan fingerprint density at radius 1 is 1.10 bits per heavy atom. The number of para-hydroxylation sites is 1. The van der Waals surface area contributed by atoms with E-state index in [-0.39, 0.29) is 18.4 Å². The molecule has 1 N–H and O–H groups in total. The van der Waals surface area contributed by atoms with E-state index in [4.69, 9.17) is 4.74 Å². The number of ether oxygens (including phenoxy) is 1. The zero-order chi connectivity index (χ0) is 22.5. The van der Waals surface area contributed by atoms with Crippen molar-refractivity contribution in [2.45, 2.75) is 13.8 Å². The Kier molecular flexibility index (Phi) is 7.06. The molecule has 1 aromatic heterocycles. The van der Waals surface area contributed by atoms with Crippen LogP contribution in [0.2, 0.25) is 0 Å². The SMILES string of the molecule is Cc1nn(-c2ccccc2)c(C)c1C(=O)OCC(=O)N1CC[NH+](CC(=O)N(C)C)CC1. The number of nitrogens with zero attached hydrogens (tertiary/aromatic N) is 4. The lowest BCUT2D eigenvalue weighted by Gasteiger charge is -2.32. The molecule has 0 aliphatic carbocycles. The zero-order valence-corrected chi connectivity index (χ0v) is 18.6. The largest absolute Gasteiger partial charge is 0.452 e. The van der Waals surface area contributed by atoms with Gasteiger partial charge in [-0.3, -0.25) is 9.59 Å². The van der Waals surface area contributed by atoms with Crippen molar-refractivity contribution in [3.05, 3.63) is 47.3 Å². The van der Waals surface area contributed by atoms with Gasteiger partial charge in [0.2, 0.25) is 0 Å². The van der Waals surface area contributed by atoms with Crippen LogP contribution in [0.3, 0.4) is 0 Å². The van der Waals surface area contributed by atoms with Gasteiger partial charge in [0, 0.05) is 14.1 Å². The summed E-state index contributed by atoms with van der Waals surface area (Å²) in [5.41, 5.74) is 2.46. The quantitative estimate of drug-likeness (QED) is 0.625. The number of esters is 1. The average Bonchev–Trinajstić information content (AvgIpc) is 3.06. The molecule has 2 amide bonds. The second-order valence-electron chi connectivity index (χ2n) is 7.97. The van der Waals surface area contributed by atoms with Crippen molar-refractivity contribution in [1.82, 2.24) is 19.6 Å². The Hall–Kier alpha value is -3.20. The van der Waals surface area contributed by atoms with Gasteiger partial charge in [0.05, 0.1) is 43.3 Å². The Balaban J connectivity index is 1.54. The first kappa shape index (κ1) is 22.5. The fourth-order valence-corrected chi connectivity index (χ4v) is 3.67. The highest BCUT2D eigenvalue weighted by atomic mass is 16.5. The van der Waals surface area contributed by atoms with E-state index in [2.05, 4.69) is 5.10 Å². The highest BCUT2D eigenvalue weighted by Gasteiger charge is 2.27. The maximum Gasteiger partial charge on any atom is 0.342 e. The van der Waals surface area contributed by atoms with Crippen molar-refractivity contribution in [2.24, 2.45) is 0 Å². The summed E-state index contributed by atoms with van der Waals surface area (Å²) in [6.07, 6.45) is 0. The summed E-state index contributed by atoms with van der Waals surface area (Å²) < 4.78 is 7.02. The molecule has 2 heterocycles. The minimum absolute atomic E-state index is 0.0745. The van der Waals surface area contributed by atoms with Crippen LogP contribution in [0.25, 0.3) is 5.69 Å². The van der Waals surface area contributed by atoms with Crippen molar-refractivity contribution in [3.8, 4) is 5.69 Å². The summed E-state index contributed by atoms with van der Waals surface area (Å²) in [4.78, 5) is 41.4. The van der Waals surface area contributed by atoms with Crippen molar-refractivity contribution in [1.29, 1.82) is 0 Å². The van der Waals surface area contributed by atoms with Crippen LogP contribution in [0.5, 0.6) is 0 Å². The summed E-state index contributed by atoms with van der Waals surface area (Å²) in [6, 6.07) is 9.54. The summed E-state index contributed by atoms with van der Waals surface area (Å²) in [6.45, 7) is 6.15. The first-order valence-corrected chi connectivity index (χ1v) is 10.4. The molecule has 3 rings (SSSR count). The van der Waals surface area contributed by atoms with Gasteiger partial charge in [0.15, 0.2) is 13.2 Å². The van der Waals surface area contributed by atoms with Gasteiger partial charge in [-0.2, -0.15) is 5.10 Å². The van der Waals surface area contributed by atoms with E-state index in [1.54, 1.807) is 35.5 Å². The molecular weight excluding hydrogens is 398 g/mol. The molecule has 0 spiro atoms. The molecule has 1 aromatic carbocycles. The molecule has 1 aliphatic rings. The number of carbonyl (C=O) groups excluding carboxylic acids is 3. The van der Waals surface area contributed by atoms with Crippen LogP contribution in [0.15, 0.2) is 30.3 Å². The van der Waals surface area contributed by atoms with Crippen LogP contribution >= 0.6 is 0 Å². The van der Waals surface area contributed by atoms with E-state index >= 15 is 0 Å². The van der Waals surface area contributed by atoms with Crippen LogP contribution < -0.4 is 4.90 Å². The van der Waals surface area contributed by atoms with Gasteiger partial charge in [0.1, 0.15) is 5.56 Å². The lowest BCUT2D eigenvalue weighted by Crippen LogP contribution is -3.15. The van der Waals surface area contributed by atoms with Crippen molar-refractivity contribution in [3.63, 3.8) is 0 Å². The topological polar surface area (TPSA) is 89.2 Å². The molecule has 1 fully saturated rings. The fourth-order valence-electron chi connectivity index (χ4n) is 3.67. The Morgan fingerprint density at radius 2 is 1.74 bits per heavy atom. The van der Waals surface area contributed by atoms with Gasteiger partial charge in [0.25, 0.3) is 11.8 Å². The smallest absolute Gasteiger partial charge is 0.342 e. The monoisotopic (exact) mass is 428 g/mol. The second-order valence-corrected chi connectivity index (χ2v) is 7.97. The number of nitrogens with one attached hydrogen (secondary N) is 1. The molecule has 9 heteroatoms. The number of amides is 2. The van der Waals surface area contributed by atoms with Crippen LogP contribution in [-0.2, 0) is 14.3 Å². The highest BCUT2D eigenvalue weighted by molar-refractivity contribution is 5.93. The van der Waals surface area contributed by atoms with Crippen LogP contribution in [-0.4, -0.2) is 90.8 Å². The predicted molar refractivity (Wildman–Crippen MR) is 114 cm³/mol. The van der Waals surface area contributed by atoms with E-state index in [9.17, 15) is 14.4 Å². The van der Waals surface area contributed by atoms with Crippen molar-refractivity contribution < 1.29 is 24.0 Å². The average molecular weight is 429 g/mol. The Morgan fingerprint density at radius 3 is 2.35 bits per heavy atom. The standard InChI is InChI=1S/C22H29N5O4/c1-16-21(17(2)27(23-16)18-8-6-5-7-9-18)22(30)31-15-20(29)26-12-10-25(11-13-26)14-19(28)24(3)4/h5-9H,10-15H2,1-4H3/p+1. The van der Waals surface area contributed by atoms with E-state index < -0.39 is 5.97 Å². The third kappa shape index (κ3) is 5.29. The third-order valence-electron chi connectivity index (χ3n) is 5.55. The fraction of sp³-hybridized carbons (Fsp3) is 0.455. The van der Waals surface area contributed by atoms with Gasteiger partial charge in [-0.25, -0.2) is 9.48 Å².